The summed E-state index contributed by atoms with van der Waals surface area (Å²) in [6, 6.07) is 11.7. The molecule has 0 saturated carbocycles. The summed E-state index contributed by atoms with van der Waals surface area (Å²) in [7, 11) is 0. The van der Waals surface area contributed by atoms with Crippen LogP contribution in [0.25, 0.3) is 11.0 Å². The number of hydrogen-bond donors (Lipinski definition) is 1. The topological polar surface area (TPSA) is 58.2 Å². The first-order valence-electron chi connectivity index (χ1n) is 9.22. The molecule has 1 saturated heterocycles. The molecule has 0 radical (unpaired) electrons. The van der Waals surface area contributed by atoms with E-state index >= 15 is 0 Å². The Kier molecular flexibility index (Phi) is 4.79. The molecule has 6 heteroatoms. The highest BCUT2D eigenvalue weighted by Crippen LogP contribution is 2.22. The lowest BCUT2D eigenvalue weighted by Gasteiger charge is -2.32. The van der Waals surface area contributed by atoms with E-state index in [0.29, 0.717) is 24.5 Å². The lowest BCUT2D eigenvalue weighted by molar-refractivity contribution is 0.0633. The molecule has 5 nitrogen and oxygen atoms in total. The van der Waals surface area contributed by atoms with Crippen molar-refractivity contribution < 1.29 is 13.9 Å². The van der Waals surface area contributed by atoms with Crippen LogP contribution in [0.1, 0.15) is 29.0 Å². The van der Waals surface area contributed by atoms with Crippen LogP contribution in [0.2, 0.25) is 0 Å². The molecule has 2 heterocycles. The first-order chi connectivity index (χ1) is 13.1. The zero-order valence-electron chi connectivity index (χ0n) is 15.2. The Bertz CT molecular complexity index is 969. The third-order valence-corrected chi connectivity index (χ3v) is 4.94. The van der Waals surface area contributed by atoms with Crippen molar-refractivity contribution in [3.63, 3.8) is 0 Å². The Balaban J connectivity index is 1.41. The van der Waals surface area contributed by atoms with E-state index in [1.807, 2.05) is 30.0 Å². The van der Waals surface area contributed by atoms with E-state index in [4.69, 9.17) is 4.74 Å². The van der Waals surface area contributed by atoms with E-state index in [1.54, 1.807) is 12.1 Å². The van der Waals surface area contributed by atoms with Gasteiger partial charge < -0.3 is 14.6 Å². The molecule has 1 aromatic heterocycles. The number of nitrogens with one attached hydrogen (secondary N) is 1. The summed E-state index contributed by atoms with van der Waals surface area (Å²) in [5.41, 5.74) is 2.41. The van der Waals surface area contributed by atoms with Gasteiger partial charge in [-0.25, -0.2) is 9.37 Å². The van der Waals surface area contributed by atoms with Gasteiger partial charge in [0.2, 0.25) is 0 Å². The summed E-state index contributed by atoms with van der Waals surface area (Å²) >= 11 is 0. The van der Waals surface area contributed by atoms with Gasteiger partial charge in [0.1, 0.15) is 17.4 Å². The van der Waals surface area contributed by atoms with Gasteiger partial charge in [-0.1, -0.05) is 6.07 Å². The Morgan fingerprint density at radius 3 is 3.07 bits per heavy atom. The number of aromatic amines is 1. The van der Waals surface area contributed by atoms with E-state index in [0.717, 1.165) is 36.2 Å². The minimum absolute atomic E-state index is 0.0274. The monoisotopic (exact) mass is 367 g/mol. The minimum Gasteiger partial charge on any atom is -0.493 e. The molecule has 1 fully saturated rings. The number of nitrogens with zero attached hydrogens (tertiary/aromatic N) is 2. The van der Waals surface area contributed by atoms with Crippen molar-refractivity contribution in [3.8, 4) is 5.75 Å². The van der Waals surface area contributed by atoms with E-state index in [2.05, 4.69) is 9.97 Å². The predicted molar refractivity (Wildman–Crippen MR) is 101 cm³/mol. The van der Waals surface area contributed by atoms with Gasteiger partial charge in [0.05, 0.1) is 17.6 Å². The quantitative estimate of drug-likeness (QED) is 0.760. The van der Waals surface area contributed by atoms with Gasteiger partial charge in [-0.3, -0.25) is 4.79 Å². The van der Waals surface area contributed by atoms with Crippen LogP contribution in [0.3, 0.4) is 0 Å². The van der Waals surface area contributed by atoms with Crippen LogP contribution in [0.4, 0.5) is 4.39 Å². The summed E-state index contributed by atoms with van der Waals surface area (Å²) in [5, 5.41) is 0. The van der Waals surface area contributed by atoms with Crippen molar-refractivity contribution in [1.82, 2.24) is 14.9 Å². The number of piperidine rings is 1. The molecule has 3 aromatic rings. The number of carbonyl (C=O) groups excluding carboxylic acids is 1. The van der Waals surface area contributed by atoms with Crippen LogP contribution in [-0.2, 0) is 0 Å². The van der Waals surface area contributed by atoms with E-state index in [-0.39, 0.29) is 17.6 Å². The van der Waals surface area contributed by atoms with Crippen LogP contribution in [-0.4, -0.2) is 40.5 Å². The maximum absolute atomic E-state index is 13.3. The molecule has 1 amide bonds. The molecule has 2 aromatic carbocycles. The van der Waals surface area contributed by atoms with Crippen molar-refractivity contribution in [3.05, 3.63) is 59.7 Å². The summed E-state index contributed by atoms with van der Waals surface area (Å²) in [6.07, 6.45) is 1.94. The maximum Gasteiger partial charge on any atom is 0.253 e. The smallest absolute Gasteiger partial charge is 0.253 e. The second kappa shape index (κ2) is 7.39. The number of benzene rings is 2. The van der Waals surface area contributed by atoms with Crippen LogP contribution in [0, 0.1) is 18.7 Å². The number of halogens is 1. The van der Waals surface area contributed by atoms with Crippen molar-refractivity contribution in [1.29, 1.82) is 0 Å². The Morgan fingerprint density at radius 1 is 1.33 bits per heavy atom. The van der Waals surface area contributed by atoms with E-state index in [1.165, 1.54) is 12.1 Å². The molecule has 1 aliphatic rings. The Hall–Kier alpha value is -2.89. The first kappa shape index (κ1) is 17.5. The largest absolute Gasteiger partial charge is 0.493 e. The second-order valence-corrected chi connectivity index (χ2v) is 7.08. The van der Waals surface area contributed by atoms with Crippen molar-refractivity contribution >= 4 is 16.9 Å². The highest BCUT2D eigenvalue weighted by Gasteiger charge is 2.25. The average molecular weight is 367 g/mol. The molecular formula is C21H22FN3O2. The van der Waals surface area contributed by atoms with Crippen molar-refractivity contribution in [2.24, 2.45) is 5.92 Å². The molecule has 0 spiro atoms. The number of fused-ring (bicyclic) bond motifs is 1. The molecule has 1 atom stereocenters. The molecule has 0 aliphatic carbocycles. The standard InChI is InChI=1S/C21H22FN3O2/c1-14-23-19-8-7-16(10-20(19)24-14)21(26)25-9-3-4-15(12-25)13-27-18-6-2-5-17(22)11-18/h2,5-8,10-11,15H,3-4,9,12-13H2,1H3,(H,23,24)/t15-/m1/s1. The zero-order chi connectivity index (χ0) is 18.8. The molecule has 27 heavy (non-hydrogen) atoms. The molecular weight excluding hydrogens is 345 g/mol. The SMILES string of the molecule is Cc1nc2ccc(C(=O)N3CCC[C@@H](COc4cccc(F)c4)C3)cc2[nH]1. The number of aromatic nitrogens is 2. The Morgan fingerprint density at radius 2 is 2.22 bits per heavy atom. The molecule has 140 valence electrons. The van der Waals surface area contributed by atoms with Crippen molar-refractivity contribution in [2.75, 3.05) is 19.7 Å². The van der Waals surface area contributed by atoms with E-state index < -0.39 is 0 Å². The summed E-state index contributed by atoms with van der Waals surface area (Å²) < 4.78 is 19.0. The van der Waals surface area contributed by atoms with Gasteiger partial charge in [-0.15, -0.1) is 0 Å². The van der Waals surface area contributed by atoms with Crippen molar-refractivity contribution in [2.45, 2.75) is 19.8 Å². The van der Waals surface area contributed by atoms with Gasteiger partial charge in [-0.05, 0) is 50.1 Å². The highest BCUT2D eigenvalue weighted by atomic mass is 19.1. The molecule has 4 rings (SSSR count). The number of hydrogen-bond acceptors (Lipinski definition) is 3. The van der Waals surface area contributed by atoms with Gasteiger partial charge >= 0.3 is 0 Å². The lowest BCUT2D eigenvalue weighted by Crippen LogP contribution is -2.41. The maximum atomic E-state index is 13.3. The van der Waals surface area contributed by atoms with Crippen LogP contribution in [0.15, 0.2) is 42.5 Å². The number of aryl methyl sites for hydroxylation is 1. The second-order valence-electron chi connectivity index (χ2n) is 7.08. The van der Waals surface area contributed by atoms with E-state index in [9.17, 15) is 9.18 Å². The number of ether oxygens (including phenoxy) is 1. The third kappa shape index (κ3) is 3.94. The average Bonchev–Trinajstić information content (AvgIpc) is 3.05. The third-order valence-electron chi connectivity index (χ3n) is 4.94. The predicted octanol–water partition coefficient (Wildman–Crippen LogP) is 3.94. The fraction of sp³-hybridized carbons (Fsp3) is 0.333. The number of rotatable bonds is 4. The summed E-state index contributed by atoms with van der Waals surface area (Å²) in [4.78, 5) is 22.3. The normalized spacial score (nSPS) is 17.3. The lowest BCUT2D eigenvalue weighted by atomic mass is 9.98. The van der Waals surface area contributed by atoms with Gasteiger partial charge in [0.25, 0.3) is 5.91 Å². The van der Waals surface area contributed by atoms with Crippen LogP contribution in [0.5, 0.6) is 5.75 Å². The fourth-order valence-corrected chi connectivity index (χ4v) is 3.61. The first-order valence-corrected chi connectivity index (χ1v) is 9.22. The molecule has 0 unspecified atom stereocenters. The number of likely N-dealkylation sites (tertiary alicyclic amines) is 1. The summed E-state index contributed by atoms with van der Waals surface area (Å²) in [6.45, 7) is 3.77. The van der Waals surface area contributed by atoms with Gasteiger partial charge in [0, 0.05) is 30.6 Å². The fourth-order valence-electron chi connectivity index (χ4n) is 3.61. The minimum atomic E-state index is -0.308. The number of imidazole rings is 1. The van der Waals surface area contributed by atoms with Gasteiger partial charge in [-0.2, -0.15) is 0 Å². The number of H-pyrrole nitrogens is 1. The van der Waals surface area contributed by atoms with Gasteiger partial charge in [0.15, 0.2) is 0 Å². The molecule has 1 aliphatic heterocycles. The molecule has 1 N–H and O–H groups in total. The summed E-state index contributed by atoms with van der Waals surface area (Å²) in [5.74, 6) is 1.32. The highest BCUT2D eigenvalue weighted by molar-refractivity contribution is 5.97. The Labute approximate surface area is 157 Å². The molecule has 0 bridgehead atoms. The number of amides is 1. The van der Waals surface area contributed by atoms with Crippen LogP contribution < -0.4 is 4.74 Å². The zero-order valence-corrected chi connectivity index (χ0v) is 15.2. The number of carbonyl (C=O) groups is 1. The van der Waals surface area contributed by atoms with Crippen LogP contribution >= 0.6 is 0 Å².